The zero-order chi connectivity index (χ0) is 14.1. The molecule has 106 valence electrons. The van der Waals surface area contributed by atoms with Gasteiger partial charge in [-0.15, -0.1) is 0 Å². The van der Waals surface area contributed by atoms with Gasteiger partial charge in [0.15, 0.2) is 0 Å². The van der Waals surface area contributed by atoms with Crippen LogP contribution < -0.4 is 5.32 Å². The summed E-state index contributed by atoms with van der Waals surface area (Å²) in [6.45, 7) is 4.01. The number of aromatic carboxylic acids is 1. The largest absolute Gasteiger partial charge is 0.478 e. The zero-order valence-electron chi connectivity index (χ0n) is 11.1. The lowest BCUT2D eigenvalue weighted by atomic mass is 10.1. The summed E-state index contributed by atoms with van der Waals surface area (Å²) < 4.78 is 18.8. The van der Waals surface area contributed by atoms with Gasteiger partial charge in [0, 0.05) is 19.8 Å². The second-order valence-electron chi connectivity index (χ2n) is 4.21. The lowest BCUT2D eigenvalue weighted by Gasteiger charge is -2.10. The number of ether oxygens (including phenoxy) is 1. The number of unbranched alkanes of at least 4 members (excludes halogenated alkanes) is 1. The second-order valence-corrected chi connectivity index (χ2v) is 4.21. The first kappa shape index (κ1) is 15.4. The van der Waals surface area contributed by atoms with E-state index >= 15 is 0 Å². The van der Waals surface area contributed by atoms with Gasteiger partial charge in [0.1, 0.15) is 11.4 Å². The van der Waals surface area contributed by atoms with E-state index in [1.54, 1.807) is 6.07 Å². The first-order valence-electron chi connectivity index (χ1n) is 6.50. The van der Waals surface area contributed by atoms with Crippen LogP contribution in [0.3, 0.4) is 0 Å². The van der Waals surface area contributed by atoms with Gasteiger partial charge < -0.3 is 15.2 Å². The van der Waals surface area contributed by atoms with E-state index in [1.165, 1.54) is 6.07 Å². The van der Waals surface area contributed by atoms with Crippen LogP contribution in [0.2, 0.25) is 0 Å². The van der Waals surface area contributed by atoms with Crippen molar-refractivity contribution in [2.24, 2.45) is 0 Å². The van der Waals surface area contributed by atoms with Crippen LogP contribution in [0.4, 0.5) is 10.1 Å². The predicted octanol–water partition coefficient (Wildman–Crippen LogP) is 3.14. The van der Waals surface area contributed by atoms with Crippen molar-refractivity contribution in [1.29, 1.82) is 0 Å². The van der Waals surface area contributed by atoms with Crippen molar-refractivity contribution in [3.8, 4) is 0 Å². The van der Waals surface area contributed by atoms with Crippen molar-refractivity contribution in [1.82, 2.24) is 0 Å². The minimum atomic E-state index is -1.26. The molecule has 2 N–H and O–H groups in total. The van der Waals surface area contributed by atoms with Crippen LogP contribution in [0.5, 0.6) is 0 Å². The third-order valence-corrected chi connectivity index (χ3v) is 2.65. The summed E-state index contributed by atoms with van der Waals surface area (Å²) in [5, 5.41) is 11.9. The number of rotatable bonds is 9. The Kier molecular flexibility index (Phi) is 6.89. The Bertz CT molecular complexity index is 410. The molecule has 0 aliphatic carbocycles. The van der Waals surface area contributed by atoms with E-state index in [2.05, 4.69) is 12.2 Å². The number of hydrogen-bond donors (Lipinski definition) is 2. The summed E-state index contributed by atoms with van der Waals surface area (Å²) in [5.74, 6) is -1.99. The van der Waals surface area contributed by atoms with E-state index in [1.807, 2.05) is 0 Å². The van der Waals surface area contributed by atoms with Gasteiger partial charge in [0.05, 0.1) is 5.69 Å². The normalized spacial score (nSPS) is 10.4. The Balaban J connectivity index is 2.37. The van der Waals surface area contributed by atoms with Crippen LogP contribution in [-0.4, -0.2) is 30.8 Å². The first-order chi connectivity index (χ1) is 9.16. The Morgan fingerprint density at radius 3 is 2.79 bits per heavy atom. The van der Waals surface area contributed by atoms with Crippen LogP contribution >= 0.6 is 0 Å². The molecule has 1 aromatic rings. The Hall–Kier alpha value is -1.62. The molecule has 4 nitrogen and oxygen atoms in total. The van der Waals surface area contributed by atoms with Gasteiger partial charge in [0.25, 0.3) is 0 Å². The molecular weight excluding hydrogens is 249 g/mol. The van der Waals surface area contributed by atoms with E-state index in [0.29, 0.717) is 18.8 Å². The molecule has 0 atom stereocenters. The van der Waals surface area contributed by atoms with Gasteiger partial charge in [-0.3, -0.25) is 0 Å². The Morgan fingerprint density at radius 2 is 2.11 bits per heavy atom. The van der Waals surface area contributed by atoms with Crippen LogP contribution in [0.25, 0.3) is 0 Å². The molecule has 0 radical (unpaired) electrons. The maximum atomic E-state index is 13.4. The molecule has 0 aliphatic rings. The summed E-state index contributed by atoms with van der Waals surface area (Å²) in [4.78, 5) is 10.9. The van der Waals surface area contributed by atoms with E-state index in [-0.39, 0.29) is 5.56 Å². The van der Waals surface area contributed by atoms with Crippen molar-refractivity contribution in [3.63, 3.8) is 0 Å². The number of carbonyl (C=O) groups is 1. The minimum Gasteiger partial charge on any atom is -0.478 e. The third kappa shape index (κ3) is 5.26. The number of carboxylic acids is 1. The first-order valence-corrected chi connectivity index (χ1v) is 6.50. The third-order valence-electron chi connectivity index (χ3n) is 2.65. The highest BCUT2D eigenvalue weighted by atomic mass is 19.1. The highest BCUT2D eigenvalue weighted by molar-refractivity contribution is 5.94. The molecule has 19 heavy (non-hydrogen) atoms. The highest BCUT2D eigenvalue weighted by Gasteiger charge is 2.14. The van der Waals surface area contributed by atoms with Crippen LogP contribution in [0.15, 0.2) is 18.2 Å². The topological polar surface area (TPSA) is 58.6 Å². The fourth-order valence-electron chi connectivity index (χ4n) is 1.63. The van der Waals surface area contributed by atoms with Crippen LogP contribution in [0, 0.1) is 5.82 Å². The van der Waals surface area contributed by atoms with Gasteiger partial charge in [-0.2, -0.15) is 0 Å². The van der Waals surface area contributed by atoms with Gasteiger partial charge in [-0.25, -0.2) is 9.18 Å². The summed E-state index contributed by atoms with van der Waals surface area (Å²) in [5.41, 5.74) is -0.00420. The number of nitrogens with one attached hydrogen (secondary N) is 1. The number of carboxylic acid groups (broad SMARTS) is 1. The molecule has 5 heteroatoms. The van der Waals surface area contributed by atoms with Crippen LogP contribution in [-0.2, 0) is 4.74 Å². The summed E-state index contributed by atoms with van der Waals surface area (Å²) in [6.07, 6.45) is 2.89. The average molecular weight is 269 g/mol. The summed E-state index contributed by atoms with van der Waals surface area (Å²) in [7, 11) is 0. The molecule has 0 heterocycles. The minimum absolute atomic E-state index is 0.307. The van der Waals surface area contributed by atoms with E-state index in [4.69, 9.17) is 9.84 Å². The number of hydrogen-bond acceptors (Lipinski definition) is 3. The molecule has 0 saturated carbocycles. The fraction of sp³-hybridized carbons (Fsp3) is 0.500. The lowest BCUT2D eigenvalue weighted by molar-refractivity contribution is 0.0693. The lowest BCUT2D eigenvalue weighted by Crippen LogP contribution is -2.11. The van der Waals surface area contributed by atoms with Gasteiger partial charge in [0.2, 0.25) is 0 Å². The molecule has 1 rings (SSSR count). The van der Waals surface area contributed by atoms with Crippen molar-refractivity contribution >= 4 is 11.7 Å². The molecule has 0 saturated heterocycles. The SMILES string of the molecule is CCCCOCCCNc1cccc(F)c1C(=O)O. The standard InChI is InChI=1S/C14H20FNO3/c1-2-3-9-19-10-5-8-16-12-7-4-6-11(15)13(12)14(17)18/h4,6-7,16H,2-3,5,8-10H2,1H3,(H,17,18). The monoisotopic (exact) mass is 269 g/mol. The number of halogens is 1. The quantitative estimate of drug-likeness (QED) is 0.676. The highest BCUT2D eigenvalue weighted by Crippen LogP contribution is 2.18. The molecule has 0 unspecified atom stereocenters. The molecular formula is C14H20FNO3. The summed E-state index contributed by atoms with van der Waals surface area (Å²) >= 11 is 0. The van der Waals surface area contributed by atoms with E-state index in [9.17, 15) is 9.18 Å². The molecule has 0 aromatic heterocycles. The number of anilines is 1. The predicted molar refractivity (Wildman–Crippen MR) is 72.2 cm³/mol. The van der Waals surface area contributed by atoms with Gasteiger partial charge in [-0.1, -0.05) is 19.4 Å². The average Bonchev–Trinajstić information content (AvgIpc) is 2.37. The van der Waals surface area contributed by atoms with Gasteiger partial charge in [-0.05, 0) is 25.0 Å². The maximum Gasteiger partial charge on any atom is 0.340 e. The second kappa shape index (κ2) is 8.48. The molecule has 0 bridgehead atoms. The van der Waals surface area contributed by atoms with Crippen LogP contribution in [0.1, 0.15) is 36.5 Å². The van der Waals surface area contributed by atoms with Crippen molar-refractivity contribution in [2.75, 3.05) is 25.1 Å². The molecule has 0 amide bonds. The number of benzene rings is 1. The molecule has 1 aromatic carbocycles. The molecule has 0 spiro atoms. The Labute approximate surface area is 112 Å². The molecule has 0 fully saturated rings. The van der Waals surface area contributed by atoms with Crippen molar-refractivity contribution in [2.45, 2.75) is 26.2 Å². The molecule has 0 aliphatic heterocycles. The van der Waals surface area contributed by atoms with Gasteiger partial charge >= 0.3 is 5.97 Å². The van der Waals surface area contributed by atoms with E-state index < -0.39 is 11.8 Å². The zero-order valence-corrected chi connectivity index (χ0v) is 11.1. The fourth-order valence-corrected chi connectivity index (χ4v) is 1.63. The Morgan fingerprint density at radius 1 is 1.37 bits per heavy atom. The van der Waals surface area contributed by atoms with Crippen molar-refractivity contribution < 1.29 is 19.0 Å². The van der Waals surface area contributed by atoms with Crippen molar-refractivity contribution in [3.05, 3.63) is 29.6 Å². The summed E-state index contributed by atoms with van der Waals surface area (Å²) in [6, 6.07) is 4.19. The van der Waals surface area contributed by atoms with E-state index in [0.717, 1.165) is 31.9 Å². The smallest absolute Gasteiger partial charge is 0.340 e. The maximum absolute atomic E-state index is 13.4.